The summed E-state index contributed by atoms with van der Waals surface area (Å²) < 4.78 is 0. The fourth-order valence-electron chi connectivity index (χ4n) is 1.67. The first-order chi connectivity index (χ1) is 9.61. The third-order valence-electron chi connectivity index (χ3n) is 2.67. The molecule has 0 saturated carbocycles. The van der Waals surface area contributed by atoms with Gasteiger partial charge in [-0.25, -0.2) is 0 Å². The van der Waals surface area contributed by atoms with Crippen LogP contribution in [0, 0.1) is 10.1 Å². The van der Waals surface area contributed by atoms with Gasteiger partial charge in [0.25, 0.3) is 5.69 Å². The highest BCUT2D eigenvalue weighted by atomic mass is 35.5. The number of nitro groups is 1. The molecule has 0 aliphatic carbocycles. The maximum atomic E-state index is 10.8. The molecule has 0 bridgehead atoms. The van der Waals surface area contributed by atoms with Gasteiger partial charge in [0.15, 0.2) is 0 Å². The second-order valence-electron chi connectivity index (χ2n) is 3.96. The van der Waals surface area contributed by atoms with Crippen molar-refractivity contribution in [1.82, 2.24) is 0 Å². The van der Waals surface area contributed by atoms with Crippen molar-refractivity contribution in [2.75, 3.05) is 5.43 Å². The van der Waals surface area contributed by atoms with E-state index in [4.69, 9.17) is 17.4 Å². The summed E-state index contributed by atoms with van der Waals surface area (Å²) in [6.07, 6.45) is 0. The second kappa shape index (κ2) is 6.60. The molecule has 7 heteroatoms. The van der Waals surface area contributed by atoms with Crippen LogP contribution in [0.5, 0.6) is 0 Å². The van der Waals surface area contributed by atoms with E-state index in [0.29, 0.717) is 16.5 Å². The first kappa shape index (κ1) is 14.6. The van der Waals surface area contributed by atoms with E-state index in [0.717, 1.165) is 10.5 Å². The SMILES string of the molecule is NNc1ccc([N+](=O)[O-])cc1CSc1ccccc1Cl. The lowest BCUT2D eigenvalue weighted by Crippen LogP contribution is -2.09. The Morgan fingerprint density at radius 1 is 1.30 bits per heavy atom. The van der Waals surface area contributed by atoms with Gasteiger partial charge in [-0.05, 0) is 23.8 Å². The minimum Gasteiger partial charge on any atom is -0.324 e. The number of hydrogen-bond donors (Lipinski definition) is 2. The van der Waals surface area contributed by atoms with Gasteiger partial charge in [0.1, 0.15) is 0 Å². The fraction of sp³-hybridized carbons (Fsp3) is 0.0769. The van der Waals surface area contributed by atoms with Gasteiger partial charge < -0.3 is 5.43 Å². The van der Waals surface area contributed by atoms with E-state index in [1.165, 1.54) is 23.9 Å². The lowest BCUT2D eigenvalue weighted by atomic mass is 10.2. The van der Waals surface area contributed by atoms with E-state index in [2.05, 4.69) is 5.43 Å². The molecule has 5 nitrogen and oxygen atoms in total. The molecule has 0 fully saturated rings. The minimum atomic E-state index is -0.427. The number of nitro benzene ring substituents is 1. The Bertz CT molecular complexity index is 637. The van der Waals surface area contributed by atoms with Crippen LogP contribution in [0.2, 0.25) is 5.02 Å². The first-order valence-electron chi connectivity index (χ1n) is 5.73. The number of nitrogen functional groups attached to an aromatic ring is 1. The zero-order valence-corrected chi connectivity index (χ0v) is 11.9. The summed E-state index contributed by atoms with van der Waals surface area (Å²) in [6.45, 7) is 0. The molecule has 20 heavy (non-hydrogen) atoms. The number of halogens is 1. The van der Waals surface area contributed by atoms with Gasteiger partial charge in [-0.1, -0.05) is 23.7 Å². The van der Waals surface area contributed by atoms with E-state index in [9.17, 15) is 10.1 Å². The van der Waals surface area contributed by atoms with E-state index in [-0.39, 0.29) is 5.69 Å². The van der Waals surface area contributed by atoms with Crippen molar-refractivity contribution in [1.29, 1.82) is 0 Å². The van der Waals surface area contributed by atoms with Crippen LogP contribution in [0.25, 0.3) is 0 Å². The van der Waals surface area contributed by atoms with Gasteiger partial charge in [0, 0.05) is 22.8 Å². The molecule has 0 aromatic heterocycles. The Morgan fingerprint density at radius 2 is 2.05 bits per heavy atom. The molecule has 0 saturated heterocycles. The predicted octanol–water partition coefficient (Wildman–Crippen LogP) is 3.83. The summed E-state index contributed by atoms with van der Waals surface area (Å²) in [5.74, 6) is 5.95. The number of nitrogens with zero attached hydrogens (tertiary/aromatic N) is 1. The third kappa shape index (κ3) is 3.41. The van der Waals surface area contributed by atoms with Gasteiger partial charge in [-0.3, -0.25) is 16.0 Å². The summed E-state index contributed by atoms with van der Waals surface area (Å²) in [7, 11) is 0. The maximum Gasteiger partial charge on any atom is 0.269 e. The molecule has 2 rings (SSSR count). The molecule has 2 aromatic carbocycles. The predicted molar refractivity (Wildman–Crippen MR) is 81.9 cm³/mol. The molecule has 104 valence electrons. The van der Waals surface area contributed by atoms with Gasteiger partial charge in [-0.2, -0.15) is 0 Å². The van der Waals surface area contributed by atoms with E-state index in [1.807, 2.05) is 18.2 Å². The summed E-state index contributed by atoms with van der Waals surface area (Å²) >= 11 is 7.58. The molecule has 0 heterocycles. The molecular weight excluding hydrogens is 298 g/mol. The highest BCUT2D eigenvalue weighted by molar-refractivity contribution is 7.98. The molecule has 0 atom stereocenters. The Labute approximate surface area is 125 Å². The molecule has 0 spiro atoms. The van der Waals surface area contributed by atoms with Crippen LogP contribution in [-0.2, 0) is 5.75 Å². The Morgan fingerprint density at radius 3 is 2.70 bits per heavy atom. The Kier molecular flexibility index (Phi) is 4.84. The maximum absolute atomic E-state index is 10.8. The van der Waals surface area contributed by atoms with Gasteiger partial charge in [-0.15, -0.1) is 11.8 Å². The summed E-state index contributed by atoms with van der Waals surface area (Å²) in [4.78, 5) is 11.3. The number of rotatable bonds is 5. The van der Waals surface area contributed by atoms with E-state index in [1.54, 1.807) is 12.1 Å². The van der Waals surface area contributed by atoms with Crippen LogP contribution in [0.1, 0.15) is 5.56 Å². The average Bonchev–Trinajstić information content (AvgIpc) is 2.46. The van der Waals surface area contributed by atoms with Crippen molar-refractivity contribution in [3.8, 4) is 0 Å². The van der Waals surface area contributed by atoms with Crippen molar-refractivity contribution in [3.63, 3.8) is 0 Å². The van der Waals surface area contributed by atoms with Gasteiger partial charge >= 0.3 is 0 Å². The smallest absolute Gasteiger partial charge is 0.269 e. The zero-order chi connectivity index (χ0) is 14.5. The van der Waals surface area contributed by atoms with Crippen LogP contribution in [0.15, 0.2) is 47.4 Å². The standard InChI is InChI=1S/C13H12ClN3O2S/c14-11-3-1-2-4-13(11)20-8-9-7-10(17(18)19)5-6-12(9)16-15/h1-7,16H,8,15H2. The van der Waals surface area contributed by atoms with Crippen LogP contribution < -0.4 is 11.3 Å². The van der Waals surface area contributed by atoms with Crippen LogP contribution in [0.3, 0.4) is 0 Å². The van der Waals surface area contributed by atoms with Crippen molar-refractivity contribution in [3.05, 3.63) is 63.2 Å². The van der Waals surface area contributed by atoms with Crippen molar-refractivity contribution >= 4 is 34.7 Å². The molecule has 0 amide bonds. The number of nitrogens with one attached hydrogen (secondary N) is 1. The Balaban J connectivity index is 2.22. The molecule has 0 unspecified atom stereocenters. The number of thioether (sulfide) groups is 1. The van der Waals surface area contributed by atoms with E-state index < -0.39 is 4.92 Å². The number of hydrazine groups is 1. The van der Waals surface area contributed by atoms with Gasteiger partial charge in [0.2, 0.25) is 0 Å². The lowest BCUT2D eigenvalue weighted by molar-refractivity contribution is -0.384. The number of non-ortho nitro benzene ring substituents is 1. The molecule has 2 aromatic rings. The molecule has 0 aliphatic rings. The molecule has 0 aliphatic heterocycles. The van der Waals surface area contributed by atoms with Crippen LogP contribution in [0.4, 0.5) is 11.4 Å². The van der Waals surface area contributed by atoms with E-state index >= 15 is 0 Å². The largest absolute Gasteiger partial charge is 0.324 e. The highest BCUT2D eigenvalue weighted by Crippen LogP contribution is 2.32. The summed E-state index contributed by atoms with van der Waals surface area (Å²) in [5.41, 5.74) is 4.00. The topological polar surface area (TPSA) is 81.2 Å². The van der Waals surface area contributed by atoms with Gasteiger partial charge in [0.05, 0.1) is 15.6 Å². The fourth-order valence-corrected chi connectivity index (χ4v) is 2.90. The summed E-state index contributed by atoms with van der Waals surface area (Å²) in [5, 5.41) is 11.5. The average molecular weight is 310 g/mol. The number of hydrogen-bond acceptors (Lipinski definition) is 5. The Hall–Kier alpha value is -1.76. The third-order valence-corrected chi connectivity index (χ3v) is 4.24. The van der Waals surface area contributed by atoms with Crippen molar-refractivity contribution in [2.45, 2.75) is 10.6 Å². The normalized spacial score (nSPS) is 10.3. The highest BCUT2D eigenvalue weighted by Gasteiger charge is 2.11. The monoisotopic (exact) mass is 309 g/mol. The number of benzene rings is 2. The minimum absolute atomic E-state index is 0.0405. The number of anilines is 1. The zero-order valence-electron chi connectivity index (χ0n) is 10.4. The quantitative estimate of drug-likeness (QED) is 0.380. The van der Waals surface area contributed by atoms with Crippen molar-refractivity contribution in [2.24, 2.45) is 5.84 Å². The first-order valence-corrected chi connectivity index (χ1v) is 7.09. The van der Waals surface area contributed by atoms with Crippen molar-refractivity contribution < 1.29 is 4.92 Å². The summed E-state index contributed by atoms with van der Waals surface area (Å²) in [6, 6.07) is 12.0. The van der Waals surface area contributed by atoms with Crippen LogP contribution in [-0.4, -0.2) is 4.92 Å². The lowest BCUT2D eigenvalue weighted by Gasteiger charge is -2.09. The second-order valence-corrected chi connectivity index (χ2v) is 5.39. The van der Waals surface area contributed by atoms with Crippen LogP contribution >= 0.6 is 23.4 Å². The number of nitrogens with two attached hydrogens (primary N) is 1. The molecule has 3 N–H and O–H groups in total. The molecule has 0 radical (unpaired) electrons. The molecular formula is C13H12ClN3O2S.